The summed E-state index contributed by atoms with van der Waals surface area (Å²) in [5.41, 5.74) is 3.92. The molecule has 8 heteroatoms. The Kier molecular flexibility index (Phi) is 7.65. The van der Waals surface area contributed by atoms with Gasteiger partial charge in [-0.05, 0) is 35.4 Å². The number of hydrogen-bond donors (Lipinski definition) is 2. The monoisotopic (exact) mass is 502 g/mol. The van der Waals surface area contributed by atoms with Gasteiger partial charge < -0.3 is 14.8 Å². The fraction of sp³-hybridized carbons (Fsp3) is 0.379. The first-order valence-corrected chi connectivity index (χ1v) is 12.5. The lowest BCUT2D eigenvalue weighted by Gasteiger charge is -2.38. The Morgan fingerprint density at radius 1 is 1.05 bits per heavy atom. The largest absolute Gasteiger partial charge is 0.502 e. The zero-order chi connectivity index (χ0) is 25.8. The number of nitrogens with zero attached hydrogens (tertiary/aromatic N) is 3. The van der Waals surface area contributed by atoms with E-state index in [1.165, 1.54) is 11.9 Å². The van der Waals surface area contributed by atoms with E-state index in [0.717, 1.165) is 36.3 Å². The summed E-state index contributed by atoms with van der Waals surface area (Å²) in [5.74, 6) is 6.04. The van der Waals surface area contributed by atoms with Gasteiger partial charge in [-0.3, -0.25) is 14.6 Å². The number of H-pyrrole nitrogens is 1. The van der Waals surface area contributed by atoms with Crippen LogP contribution < -0.4 is 5.56 Å². The van der Waals surface area contributed by atoms with Crippen molar-refractivity contribution >= 4 is 0 Å². The van der Waals surface area contributed by atoms with Crippen molar-refractivity contribution in [2.75, 3.05) is 39.8 Å². The van der Waals surface area contributed by atoms with Crippen molar-refractivity contribution in [3.05, 3.63) is 93.2 Å². The maximum atomic E-state index is 13.4. The Morgan fingerprint density at radius 2 is 1.70 bits per heavy atom. The van der Waals surface area contributed by atoms with Gasteiger partial charge in [-0.25, -0.2) is 9.37 Å². The van der Waals surface area contributed by atoms with E-state index >= 15 is 0 Å². The molecular weight excluding hydrogens is 471 g/mol. The molecule has 0 bridgehead atoms. The molecule has 5 rings (SSSR count). The highest BCUT2D eigenvalue weighted by molar-refractivity contribution is 5.44. The van der Waals surface area contributed by atoms with Crippen molar-refractivity contribution < 1.29 is 14.2 Å². The number of aromatic hydroxyl groups is 1. The van der Waals surface area contributed by atoms with Crippen molar-refractivity contribution in [1.82, 2.24) is 19.8 Å². The van der Waals surface area contributed by atoms with E-state index in [-0.39, 0.29) is 11.7 Å². The van der Waals surface area contributed by atoms with Gasteiger partial charge in [0.2, 0.25) is 5.75 Å². The van der Waals surface area contributed by atoms with E-state index in [4.69, 9.17) is 4.74 Å². The third-order valence-electron chi connectivity index (χ3n) is 7.09. The normalized spacial score (nSPS) is 17.5. The van der Waals surface area contributed by atoms with Gasteiger partial charge in [0.15, 0.2) is 0 Å². The molecular formula is C29H31FN4O3. The fourth-order valence-corrected chi connectivity index (χ4v) is 4.80. The molecule has 2 N–H and O–H groups in total. The Labute approximate surface area is 215 Å². The molecule has 0 unspecified atom stereocenters. The third-order valence-corrected chi connectivity index (χ3v) is 7.09. The van der Waals surface area contributed by atoms with Crippen LogP contribution in [0.25, 0.3) is 0 Å². The van der Waals surface area contributed by atoms with Gasteiger partial charge in [0.1, 0.15) is 6.17 Å². The number of halogens is 1. The average molecular weight is 503 g/mol. The molecule has 37 heavy (non-hydrogen) atoms. The summed E-state index contributed by atoms with van der Waals surface area (Å²) >= 11 is 0. The van der Waals surface area contributed by atoms with Crippen LogP contribution in [-0.2, 0) is 17.7 Å². The molecule has 1 aromatic heterocycles. The first-order chi connectivity index (χ1) is 18.0. The molecule has 3 aromatic rings. The molecule has 2 saturated heterocycles. The highest BCUT2D eigenvalue weighted by Gasteiger charge is 2.29. The lowest BCUT2D eigenvalue weighted by atomic mass is 9.91. The SMILES string of the molecule is COC1CN(Cc2ccc(C#Cc3ccc([C@@H](Cc4nc[nH]c(=O)c4O)CN4CC(F)C4)cc3)cc2)C1. The van der Waals surface area contributed by atoms with E-state index in [1.807, 2.05) is 41.3 Å². The molecule has 2 aliphatic heterocycles. The first-order valence-electron chi connectivity index (χ1n) is 12.5. The van der Waals surface area contributed by atoms with Crippen LogP contribution in [-0.4, -0.2) is 77.0 Å². The van der Waals surface area contributed by atoms with Gasteiger partial charge in [-0.1, -0.05) is 36.1 Å². The van der Waals surface area contributed by atoms with E-state index in [9.17, 15) is 14.3 Å². The number of ether oxygens (including phenoxy) is 1. The summed E-state index contributed by atoms with van der Waals surface area (Å²) in [7, 11) is 1.76. The second-order valence-corrected chi connectivity index (χ2v) is 9.86. The van der Waals surface area contributed by atoms with Crippen LogP contribution in [0.4, 0.5) is 4.39 Å². The molecule has 1 atom stereocenters. The Balaban J connectivity index is 1.24. The second kappa shape index (κ2) is 11.3. The number of alkyl halides is 1. The maximum absolute atomic E-state index is 13.4. The van der Waals surface area contributed by atoms with Crippen LogP contribution in [0, 0.1) is 11.8 Å². The predicted octanol–water partition coefficient (Wildman–Crippen LogP) is 2.69. The number of methoxy groups -OCH3 is 1. The van der Waals surface area contributed by atoms with Gasteiger partial charge >= 0.3 is 0 Å². The quantitative estimate of drug-likeness (QED) is 0.461. The molecule has 0 amide bonds. The summed E-state index contributed by atoms with van der Waals surface area (Å²) in [6.07, 6.45) is 1.24. The zero-order valence-corrected chi connectivity index (χ0v) is 20.9. The number of nitrogens with one attached hydrogen (secondary N) is 1. The number of rotatable bonds is 8. The van der Waals surface area contributed by atoms with Gasteiger partial charge in [-0.15, -0.1) is 0 Å². The van der Waals surface area contributed by atoms with E-state index in [0.29, 0.717) is 37.9 Å². The average Bonchev–Trinajstić information content (AvgIpc) is 2.87. The minimum absolute atomic E-state index is 0.0483. The lowest BCUT2D eigenvalue weighted by molar-refractivity contribution is -0.0333. The van der Waals surface area contributed by atoms with E-state index in [2.05, 4.69) is 38.8 Å². The molecule has 7 nitrogen and oxygen atoms in total. The van der Waals surface area contributed by atoms with Crippen molar-refractivity contribution in [3.63, 3.8) is 0 Å². The molecule has 192 valence electrons. The maximum Gasteiger partial charge on any atom is 0.293 e. The number of benzene rings is 2. The Bertz CT molecular complexity index is 1320. The molecule has 0 aliphatic carbocycles. The lowest BCUT2D eigenvalue weighted by Crippen LogP contribution is -2.50. The molecule has 2 aliphatic rings. The van der Waals surface area contributed by atoms with E-state index in [1.54, 1.807) is 7.11 Å². The topological polar surface area (TPSA) is 81.7 Å². The van der Waals surface area contributed by atoms with Crippen molar-refractivity contribution in [3.8, 4) is 17.6 Å². The molecule has 0 radical (unpaired) electrons. The molecule has 3 heterocycles. The number of aromatic amines is 1. The van der Waals surface area contributed by atoms with E-state index < -0.39 is 11.7 Å². The standard InChI is InChI=1S/C29H31FN4O3/c1-37-26-17-33(18-26)13-22-6-4-20(5-7-22)2-3-21-8-10-23(11-9-21)24(14-34-15-25(30)16-34)12-27-28(35)29(36)32-19-31-27/h4-11,19,24-26,35H,12-18H2,1H3,(H,31,32,36)/t24-/m0/s1. The zero-order valence-electron chi connectivity index (χ0n) is 20.9. The summed E-state index contributed by atoms with van der Waals surface area (Å²) < 4.78 is 18.7. The summed E-state index contributed by atoms with van der Waals surface area (Å²) in [4.78, 5) is 22.7. The minimum Gasteiger partial charge on any atom is -0.502 e. The van der Waals surface area contributed by atoms with Crippen LogP contribution in [0.2, 0.25) is 0 Å². The van der Waals surface area contributed by atoms with Gasteiger partial charge in [0, 0.05) is 69.8 Å². The van der Waals surface area contributed by atoms with Crippen molar-refractivity contribution in [2.45, 2.75) is 31.2 Å². The number of likely N-dealkylation sites (tertiary alicyclic amines) is 2. The summed E-state index contributed by atoms with van der Waals surface area (Å²) in [6.45, 7) is 4.30. The van der Waals surface area contributed by atoms with Crippen LogP contribution >= 0.6 is 0 Å². The highest BCUT2D eigenvalue weighted by Crippen LogP contribution is 2.26. The van der Waals surface area contributed by atoms with Crippen LogP contribution in [0.3, 0.4) is 0 Å². The smallest absolute Gasteiger partial charge is 0.293 e. The Hall–Kier alpha value is -3.51. The van der Waals surface area contributed by atoms with Gasteiger partial charge in [0.05, 0.1) is 18.1 Å². The highest BCUT2D eigenvalue weighted by atomic mass is 19.1. The van der Waals surface area contributed by atoms with Crippen molar-refractivity contribution in [2.24, 2.45) is 0 Å². The molecule has 2 aromatic carbocycles. The van der Waals surface area contributed by atoms with Gasteiger partial charge in [-0.2, -0.15) is 0 Å². The van der Waals surface area contributed by atoms with Crippen molar-refractivity contribution in [1.29, 1.82) is 0 Å². The number of aromatic nitrogens is 2. The summed E-state index contributed by atoms with van der Waals surface area (Å²) in [5, 5.41) is 10.2. The second-order valence-electron chi connectivity index (χ2n) is 9.86. The summed E-state index contributed by atoms with van der Waals surface area (Å²) in [6, 6.07) is 16.3. The van der Waals surface area contributed by atoms with Crippen LogP contribution in [0.15, 0.2) is 59.7 Å². The van der Waals surface area contributed by atoms with Crippen LogP contribution in [0.5, 0.6) is 5.75 Å². The van der Waals surface area contributed by atoms with Gasteiger partial charge in [0.25, 0.3) is 5.56 Å². The number of hydrogen-bond acceptors (Lipinski definition) is 6. The van der Waals surface area contributed by atoms with Crippen LogP contribution in [0.1, 0.15) is 33.9 Å². The predicted molar refractivity (Wildman–Crippen MR) is 139 cm³/mol. The molecule has 2 fully saturated rings. The minimum atomic E-state index is -0.794. The first kappa shape index (κ1) is 25.2. The third kappa shape index (κ3) is 6.25. The Morgan fingerprint density at radius 3 is 2.32 bits per heavy atom. The fourth-order valence-electron chi connectivity index (χ4n) is 4.80. The molecule has 0 saturated carbocycles. The molecule has 0 spiro atoms.